The SMILES string of the molecule is CCNc1ccnc2c(C(C)(C)C)cccc12. The van der Waals surface area contributed by atoms with Gasteiger partial charge < -0.3 is 5.32 Å². The van der Waals surface area contributed by atoms with Crippen molar-refractivity contribution in [2.24, 2.45) is 0 Å². The monoisotopic (exact) mass is 228 g/mol. The minimum absolute atomic E-state index is 0.122. The lowest BCUT2D eigenvalue weighted by atomic mass is 9.85. The van der Waals surface area contributed by atoms with Gasteiger partial charge in [-0.3, -0.25) is 4.98 Å². The number of benzene rings is 1. The van der Waals surface area contributed by atoms with Gasteiger partial charge in [-0.05, 0) is 24.0 Å². The molecule has 1 aromatic carbocycles. The third-order valence-electron chi connectivity index (χ3n) is 2.95. The van der Waals surface area contributed by atoms with Crippen LogP contribution in [0, 0.1) is 0 Å². The summed E-state index contributed by atoms with van der Waals surface area (Å²) in [6.07, 6.45) is 1.88. The number of anilines is 1. The molecule has 0 amide bonds. The average molecular weight is 228 g/mol. The van der Waals surface area contributed by atoms with Gasteiger partial charge in [-0.2, -0.15) is 0 Å². The Hall–Kier alpha value is -1.57. The molecule has 0 aliphatic rings. The molecule has 1 heterocycles. The van der Waals surface area contributed by atoms with E-state index in [9.17, 15) is 0 Å². The Kier molecular flexibility index (Phi) is 3.05. The summed E-state index contributed by atoms with van der Waals surface area (Å²) in [7, 11) is 0. The first-order valence-corrected chi connectivity index (χ1v) is 6.16. The van der Waals surface area contributed by atoms with Crippen molar-refractivity contribution in [1.29, 1.82) is 0 Å². The number of fused-ring (bicyclic) bond motifs is 1. The van der Waals surface area contributed by atoms with E-state index in [1.54, 1.807) is 0 Å². The van der Waals surface area contributed by atoms with E-state index in [1.807, 2.05) is 12.3 Å². The second-order valence-electron chi connectivity index (χ2n) is 5.34. The fourth-order valence-corrected chi connectivity index (χ4v) is 2.13. The molecule has 2 aromatic rings. The molecule has 0 saturated heterocycles. The van der Waals surface area contributed by atoms with E-state index in [2.05, 4.69) is 56.2 Å². The van der Waals surface area contributed by atoms with Gasteiger partial charge >= 0.3 is 0 Å². The first kappa shape index (κ1) is 11.9. The van der Waals surface area contributed by atoms with E-state index < -0.39 is 0 Å². The average Bonchev–Trinajstić information content (AvgIpc) is 2.28. The summed E-state index contributed by atoms with van der Waals surface area (Å²) >= 11 is 0. The third kappa shape index (κ3) is 2.26. The smallest absolute Gasteiger partial charge is 0.0760 e. The summed E-state index contributed by atoms with van der Waals surface area (Å²) in [4.78, 5) is 4.55. The van der Waals surface area contributed by atoms with Gasteiger partial charge in [0.25, 0.3) is 0 Å². The van der Waals surface area contributed by atoms with Crippen molar-refractivity contribution in [3.8, 4) is 0 Å². The van der Waals surface area contributed by atoms with Crippen LogP contribution in [0.1, 0.15) is 33.3 Å². The molecule has 0 aliphatic carbocycles. The fraction of sp³-hybridized carbons (Fsp3) is 0.400. The highest BCUT2D eigenvalue weighted by Gasteiger charge is 2.17. The van der Waals surface area contributed by atoms with Crippen LogP contribution in [0.15, 0.2) is 30.5 Å². The van der Waals surface area contributed by atoms with Crippen molar-refractivity contribution in [2.45, 2.75) is 33.1 Å². The van der Waals surface area contributed by atoms with Crippen molar-refractivity contribution in [2.75, 3.05) is 11.9 Å². The predicted octanol–water partition coefficient (Wildman–Crippen LogP) is 3.96. The molecule has 0 fully saturated rings. The molecular weight excluding hydrogens is 208 g/mol. The molecule has 0 unspecified atom stereocenters. The minimum Gasteiger partial charge on any atom is -0.385 e. The van der Waals surface area contributed by atoms with Crippen LogP contribution >= 0.6 is 0 Å². The van der Waals surface area contributed by atoms with Crippen molar-refractivity contribution >= 4 is 16.6 Å². The first-order valence-electron chi connectivity index (χ1n) is 6.16. The van der Waals surface area contributed by atoms with E-state index in [0.717, 1.165) is 12.1 Å². The van der Waals surface area contributed by atoms with E-state index in [0.29, 0.717) is 0 Å². The molecule has 2 rings (SSSR count). The predicted molar refractivity (Wildman–Crippen MR) is 74.6 cm³/mol. The molecule has 0 atom stereocenters. The Morgan fingerprint density at radius 3 is 2.59 bits per heavy atom. The molecule has 0 saturated carbocycles. The Morgan fingerprint density at radius 2 is 1.94 bits per heavy atom. The van der Waals surface area contributed by atoms with Gasteiger partial charge in [-0.1, -0.05) is 39.0 Å². The summed E-state index contributed by atoms with van der Waals surface area (Å²) in [5.74, 6) is 0. The molecule has 17 heavy (non-hydrogen) atoms. The summed E-state index contributed by atoms with van der Waals surface area (Å²) in [6, 6.07) is 8.46. The summed E-state index contributed by atoms with van der Waals surface area (Å²) < 4.78 is 0. The van der Waals surface area contributed by atoms with Crippen LogP contribution in [0.2, 0.25) is 0 Å². The van der Waals surface area contributed by atoms with Gasteiger partial charge in [0.2, 0.25) is 0 Å². The topological polar surface area (TPSA) is 24.9 Å². The van der Waals surface area contributed by atoms with E-state index in [-0.39, 0.29) is 5.41 Å². The second-order valence-corrected chi connectivity index (χ2v) is 5.34. The van der Waals surface area contributed by atoms with Gasteiger partial charge in [0.15, 0.2) is 0 Å². The number of hydrogen-bond acceptors (Lipinski definition) is 2. The van der Waals surface area contributed by atoms with Gasteiger partial charge in [0.05, 0.1) is 5.52 Å². The van der Waals surface area contributed by atoms with Gasteiger partial charge in [-0.15, -0.1) is 0 Å². The van der Waals surface area contributed by atoms with E-state index >= 15 is 0 Å². The molecule has 90 valence electrons. The molecule has 1 aromatic heterocycles. The van der Waals surface area contributed by atoms with Crippen LogP contribution < -0.4 is 5.32 Å². The third-order valence-corrected chi connectivity index (χ3v) is 2.95. The lowest BCUT2D eigenvalue weighted by molar-refractivity contribution is 0.594. The number of aromatic nitrogens is 1. The molecule has 0 aliphatic heterocycles. The number of hydrogen-bond donors (Lipinski definition) is 1. The fourth-order valence-electron chi connectivity index (χ4n) is 2.13. The molecule has 2 heteroatoms. The lowest BCUT2D eigenvalue weighted by Crippen LogP contribution is -2.12. The zero-order valence-corrected chi connectivity index (χ0v) is 11.0. The summed E-state index contributed by atoms with van der Waals surface area (Å²) in [6.45, 7) is 9.72. The quantitative estimate of drug-likeness (QED) is 0.841. The van der Waals surface area contributed by atoms with Crippen LogP contribution in [0.25, 0.3) is 10.9 Å². The Morgan fingerprint density at radius 1 is 1.18 bits per heavy atom. The lowest BCUT2D eigenvalue weighted by Gasteiger charge is -2.21. The summed E-state index contributed by atoms with van der Waals surface area (Å²) in [5, 5.41) is 4.60. The zero-order chi connectivity index (χ0) is 12.5. The van der Waals surface area contributed by atoms with Gasteiger partial charge in [-0.25, -0.2) is 0 Å². The van der Waals surface area contributed by atoms with Crippen LogP contribution in [-0.4, -0.2) is 11.5 Å². The molecule has 0 bridgehead atoms. The van der Waals surface area contributed by atoms with Crippen molar-refractivity contribution in [1.82, 2.24) is 4.98 Å². The normalized spacial score (nSPS) is 11.8. The Bertz CT molecular complexity index is 524. The Balaban J connectivity index is 2.70. The molecule has 0 spiro atoms. The van der Waals surface area contributed by atoms with Crippen LogP contribution in [0.4, 0.5) is 5.69 Å². The minimum atomic E-state index is 0.122. The van der Waals surface area contributed by atoms with E-state index in [4.69, 9.17) is 0 Å². The maximum atomic E-state index is 4.55. The number of nitrogens with zero attached hydrogens (tertiary/aromatic N) is 1. The largest absolute Gasteiger partial charge is 0.385 e. The molecule has 0 radical (unpaired) electrons. The number of rotatable bonds is 2. The second kappa shape index (κ2) is 4.36. The number of para-hydroxylation sites is 1. The highest BCUT2D eigenvalue weighted by Crippen LogP contribution is 2.31. The maximum Gasteiger partial charge on any atom is 0.0760 e. The first-order chi connectivity index (χ1) is 8.04. The van der Waals surface area contributed by atoms with Crippen molar-refractivity contribution in [3.05, 3.63) is 36.0 Å². The standard InChI is InChI=1S/C15H20N2/c1-5-16-13-9-10-17-14-11(13)7-6-8-12(14)15(2,3)4/h6-10H,5H2,1-4H3,(H,16,17). The zero-order valence-electron chi connectivity index (χ0n) is 11.0. The van der Waals surface area contributed by atoms with Crippen LogP contribution in [0.3, 0.4) is 0 Å². The maximum absolute atomic E-state index is 4.55. The highest BCUT2D eigenvalue weighted by atomic mass is 14.9. The molecular formula is C15H20N2. The highest BCUT2D eigenvalue weighted by molar-refractivity contribution is 5.93. The van der Waals surface area contributed by atoms with Crippen molar-refractivity contribution in [3.63, 3.8) is 0 Å². The molecule has 1 N–H and O–H groups in total. The van der Waals surface area contributed by atoms with Crippen LogP contribution in [-0.2, 0) is 5.41 Å². The van der Waals surface area contributed by atoms with Crippen molar-refractivity contribution < 1.29 is 0 Å². The number of nitrogens with one attached hydrogen (secondary N) is 1. The van der Waals surface area contributed by atoms with Crippen LogP contribution in [0.5, 0.6) is 0 Å². The van der Waals surface area contributed by atoms with Gasteiger partial charge in [0.1, 0.15) is 0 Å². The summed E-state index contributed by atoms with van der Waals surface area (Å²) in [5.41, 5.74) is 3.70. The Labute approximate surface area is 103 Å². The molecule has 2 nitrogen and oxygen atoms in total. The van der Waals surface area contributed by atoms with Gasteiger partial charge in [0, 0.05) is 23.8 Å². The van der Waals surface area contributed by atoms with E-state index in [1.165, 1.54) is 16.6 Å². The number of pyridine rings is 1.